The van der Waals surface area contributed by atoms with Gasteiger partial charge in [-0.1, -0.05) is 0 Å². The third-order valence-corrected chi connectivity index (χ3v) is 3.14. The predicted octanol–water partition coefficient (Wildman–Crippen LogP) is 0.0745. The van der Waals surface area contributed by atoms with E-state index < -0.39 is 19.5 Å². The first kappa shape index (κ1) is 8.03. The van der Waals surface area contributed by atoms with Gasteiger partial charge in [0, 0.05) is 0 Å². The molecule has 0 spiro atoms. The summed E-state index contributed by atoms with van der Waals surface area (Å²) in [6, 6.07) is 0. The minimum absolute atomic E-state index is 0.304. The van der Waals surface area contributed by atoms with Crippen LogP contribution in [0.3, 0.4) is 0 Å². The van der Waals surface area contributed by atoms with Crippen LogP contribution in [0.4, 0.5) is 0 Å². The first-order chi connectivity index (χ1) is 3.42. The first-order valence-electron chi connectivity index (χ1n) is 2.42. The quantitative estimate of drug-likeness (QED) is 0.561. The van der Waals surface area contributed by atoms with Crippen molar-refractivity contribution >= 4 is 19.5 Å². The van der Waals surface area contributed by atoms with E-state index in [1.165, 1.54) is 0 Å². The summed E-state index contributed by atoms with van der Waals surface area (Å²) in [5.74, 6) is -0.898. The molecule has 48 valence electrons. The van der Waals surface area contributed by atoms with Crippen molar-refractivity contribution in [3.8, 4) is 0 Å². The molecule has 0 saturated heterocycles. The van der Waals surface area contributed by atoms with Gasteiger partial charge in [0.25, 0.3) is 0 Å². The molecule has 0 heterocycles. The van der Waals surface area contributed by atoms with Crippen molar-refractivity contribution in [1.29, 1.82) is 0 Å². The Morgan fingerprint density at radius 3 is 1.88 bits per heavy atom. The van der Waals surface area contributed by atoms with E-state index in [1.54, 1.807) is 0 Å². The van der Waals surface area contributed by atoms with Crippen molar-refractivity contribution in [3.63, 3.8) is 0 Å². The molecule has 0 radical (unpaired) electrons. The van der Waals surface area contributed by atoms with Gasteiger partial charge >= 0.3 is 51.8 Å². The minimum atomic E-state index is -1.68. The summed E-state index contributed by atoms with van der Waals surface area (Å²) in [7, 11) is 0. The molecule has 0 aromatic heterocycles. The zero-order chi connectivity index (χ0) is 6.78. The zero-order valence-corrected chi connectivity index (χ0v) is 7.35. The summed E-state index contributed by atoms with van der Waals surface area (Å²) in [6.07, 6.45) is 0. The van der Waals surface area contributed by atoms with E-state index in [0.29, 0.717) is 5.21 Å². The monoisotopic (exact) mass is 178 g/mol. The summed E-state index contributed by atoms with van der Waals surface area (Å²) in [5.41, 5.74) is 6.11. The summed E-state index contributed by atoms with van der Waals surface area (Å²) < 4.78 is 0. The van der Waals surface area contributed by atoms with E-state index in [0.717, 1.165) is 0 Å². The van der Waals surface area contributed by atoms with Crippen LogP contribution in [0.2, 0.25) is 22.3 Å². The van der Waals surface area contributed by atoms with Gasteiger partial charge in [-0.05, 0) is 0 Å². The van der Waals surface area contributed by atoms with Gasteiger partial charge in [0.2, 0.25) is 0 Å². The van der Waals surface area contributed by atoms with Gasteiger partial charge in [0.15, 0.2) is 0 Å². The molecule has 0 N–H and O–H groups in total. The van der Waals surface area contributed by atoms with Crippen molar-refractivity contribution in [2.24, 2.45) is 0 Å². The Kier molecular flexibility index (Phi) is 2.55. The van der Waals surface area contributed by atoms with Crippen LogP contribution >= 0.6 is 0 Å². The van der Waals surface area contributed by atoms with Crippen LogP contribution in [0.5, 0.6) is 0 Å². The number of carboxylic acids is 1. The first-order valence-corrected chi connectivity index (χ1v) is 9.38. The van der Waals surface area contributed by atoms with Crippen molar-refractivity contribution in [2.75, 3.05) is 0 Å². The van der Waals surface area contributed by atoms with E-state index in [-0.39, 0.29) is 0 Å². The Morgan fingerprint density at radius 1 is 1.50 bits per heavy atom. The van der Waals surface area contributed by atoms with Crippen LogP contribution < -0.4 is 5.11 Å². The topological polar surface area (TPSA) is 40.1 Å². The maximum absolute atomic E-state index is 9.95. The second-order valence-electron chi connectivity index (χ2n) is 2.82. The number of carbonyl (C=O) groups excluding carboxylic acids is 1. The zero-order valence-electron chi connectivity index (χ0n) is 5.47. The number of rotatable bonds is 2. The average Bonchev–Trinajstić information content (AvgIpc) is 1.21. The number of carbonyl (C=O) groups is 1. The Labute approximate surface area is 52.3 Å². The summed E-state index contributed by atoms with van der Waals surface area (Å²) in [6.45, 7) is 0. The van der Waals surface area contributed by atoms with E-state index >= 15 is 0 Å². The average molecular weight is 178 g/mol. The SMILES string of the molecule is C[As+](C)(C)CC(=O)[O-]. The molecule has 0 saturated carbocycles. The van der Waals surface area contributed by atoms with E-state index in [4.69, 9.17) is 0 Å². The molecule has 0 bridgehead atoms. The van der Waals surface area contributed by atoms with Crippen LogP contribution in [-0.4, -0.2) is 19.5 Å². The molecule has 2 nitrogen and oxygen atoms in total. The summed E-state index contributed by atoms with van der Waals surface area (Å²) in [4.78, 5) is 9.95. The Bertz CT molecular complexity index is 93.1. The second kappa shape index (κ2) is 2.54. The number of hydrogen-bond acceptors (Lipinski definition) is 2. The third-order valence-electron chi connectivity index (χ3n) is 0.603. The van der Waals surface area contributed by atoms with Crippen LogP contribution in [-0.2, 0) is 4.79 Å². The van der Waals surface area contributed by atoms with E-state index in [1.807, 2.05) is 17.1 Å². The van der Waals surface area contributed by atoms with Gasteiger partial charge in [0.1, 0.15) is 0 Å². The second-order valence-corrected chi connectivity index (χ2v) is 13.1. The maximum atomic E-state index is 9.95. The van der Waals surface area contributed by atoms with E-state index in [2.05, 4.69) is 0 Å². The predicted molar refractivity (Wildman–Crippen MR) is 33.2 cm³/mol. The fourth-order valence-corrected chi connectivity index (χ4v) is 2.01. The van der Waals surface area contributed by atoms with Gasteiger partial charge in [-0.2, -0.15) is 0 Å². The molecule has 0 unspecified atom stereocenters. The van der Waals surface area contributed by atoms with Crippen molar-refractivity contribution in [1.82, 2.24) is 0 Å². The normalized spacial score (nSPS) is 11.4. The number of hydrogen-bond donors (Lipinski definition) is 0. The van der Waals surface area contributed by atoms with Gasteiger partial charge in [-0.15, -0.1) is 0 Å². The number of aliphatic carboxylic acids is 1. The number of carboxylic acid groups (broad SMARTS) is 1. The molecule has 0 fully saturated rings. The summed E-state index contributed by atoms with van der Waals surface area (Å²) in [5, 5.41) is 10.3. The Morgan fingerprint density at radius 2 is 1.88 bits per heavy atom. The molecule has 0 aromatic carbocycles. The van der Waals surface area contributed by atoms with Crippen molar-refractivity contribution in [3.05, 3.63) is 0 Å². The van der Waals surface area contributed by atoms with Crippen molar-refractivity contribution in [2.45, 2.75) is 22.3 Å². The fourth-order valence-electron chi connectivity index (χ4n) is 0.387. The molecule has 3 heteroatoms. The van der Waals surface area contributed by atoms with Crippen LogP contribution in [0.25, 0.3) is 0 Å². The molecule has 0 atom stereocenters. The van der Waals surface area contributed by atoms with Gasteiger partial charge < -0.3 is 0 Å². The Balaban J connectivity index is 3.55. The van der Waals surface area contributed by atoms with Gasteiger partial charge in [-0.25, -0.2) is 0 Å². The van der Waals surface area contributed by atoms with Gasteiger partial charge in [0.05, 0.1) is 0 Å². The Hall–Kier alpha value is 0.0284. The molecular weight excluding hydrogens is 167 g/mol. The molecule has 0 rings (SSSR count). The summed E-state index contributed by atoms with van der Waals surface area (Å²) >= 11 is -1.68. The molecule has 0 aliphatic heterocycles. The molecule has 0 aromatic rings. The van der Waals surface area contributed by atoms with Crippen molar-refractivity contribution < 1.29 is 9.90 Å². The van der Waals surface area contributed by atoms with Crippen LogP contribution in [0, 0.1) is 0 Å². The molecule has 8 heavy (non-hydrogen) atoms. The fraction of sp³-hybridized carbons (Fsp3) is 0.800. The van der Waals surface area contributed by atoms with Crippen LogP contribution in [0.1, 0.15) is 0 Å². The van der Waals surface area contributed by atoms with Crippen LogP contribution in [0.15, 0.2) is 0 Å². The standard InChI is InChI=1S/C5H11AsO2/c1-6(2,3)4-5(7)8/h4H2,1-3H3. The molecular formula is C5H11AsO2. The van der Waals surface area contributed by atoms with E-state index in [9.17, 15) is 9.90 Å². The molecule has 0 amide bonds. The molecule has 0 aliphatic carbocycles. The van der Waals surface area contributed by atoms with Gasteiger partial charge in [-0.3, -0.25) is 0 Å². The molecule has 0 aliphatic rings. The third kappa shape index (κ3) is 6.03.